The van der Waals surface area contributed by atoms with E-state index in [2.05, 4.69) is 20.9 Å². The number of β-amino-alcohol motifs (C(OH)–C–C–N with tert-alkyl or cyclic N) is 1. The van der Waals surface area contributed by atoms with E-state index >= 15 is 0 Å². The van der Waals surface area contributed by atoms with E-state index in [4.69, 9.17) is 4.84 Å². The van der Waals surface area contributed by atoms with E-state index in [1.165, 1.54) is 0 Å². The van der Waals surface area contributed by atoms with Crippen LogP contribution in [-0.2, 0) is 4.84 Å². The minimum absolute atomic E-state index is 0.325. The highest BCUT2D eigenvalue weighted by atomic mass is 79.9. The van der Waals surface area contributed by atoms with Gasteiger partial charge in [-0.25, -0.2) is 10.0 Å². The van der Waals surface area contributed by atoms with Crippen LogP contribution in [-0.4, -0.2) is 29.3 Å². The number of rotatable bonds is 1. The summed E-state index contributed by atoms with van der Waals surface area (Å²) in [6.07, 6.45) is 1.30. The Bertz CT molecular complexity index is 561. The van der Waals surface area contributed by atoms with Gasteiger partial charge in [0, 0.05) is 21.4 Å². The molecule has 1 aromatic heterocycles. The van der Waals surface area contributed by atoms with Crippen molar-refractivity contribution in [1.82, 2.24) is 4.98 Å². The van der Waals surface area contributed by atoms with Crippen molar-refractivity contribution in [3.8, 4) is 0 Å². The maximum atomic E-state index is 9.48. The third kappa shape index (κ3) is 1.90. The zero-order valence-electron chi connectivity index (χ0n) is 9.01. The van der Waals surface area contributed by atoms with Gasteiger partial charge in [-0.1, -0.05) is 28.1 Å². The SMILES string of the molecule is OC1CON(c2nccc3c(Br)cccc23)C1. The Hall–Kier alpha value is -1.17. The lowest BCUT2D eigenvalue weighted by Gasteiger charge is -2.16. The third-order valence-corrected chi connectivity index (χ3v) is 3.46. The average molecular weight is 295 g/mol. The fourth-order valence-corrected chi connectivity index (χ4v) is 2.47. The Kier molecular flexibility index (Phi) is 2.74. The van der Waals surface area contributed by atoms with Gasteiger partial charge in [-0.3, -0.25) is 4.84 Å². The van der Waals surface area contributed by atoms with Gasteiger partial charge in [0.2, 0.25) is 0 Å². The molecule has 2 aromatic rings. The first kappa shape index (κ1) is 11.0. The number of halogens is 1. The number of nitrogens with zero attached hydrogens (tertiary/aromatic N) is 2. The Morgan fingerprint density at radius 3 is 3.00 bits per heavy atom. The molecule has 1 N–H and O–H groups in total. The van der Waals surface area contributed by atoms with Crippen LogP contribution in [0, 0.1) is 0 Å². The molecule has 4 nitrogen and oxygen atoms in total. The number of aromatic nitrogens is 1. The summed E-state index contributed by atoms with van der Waals surface area (Å²) >= 11 is 3.51. The van der Waals surface area contributed by atoms with Crippen molar-refractivity contribution in [3.63, 3.8) is 0 Å². The van der Waals surface area contributed by atoms with Crippen LogP contribution in [0.1, 0.15) is 0 Å². The van der Waals surface area contributed by atoms with Crippen LogP contribution in [0.5, 0.6) is 0 Å². The van der Waals surface area contributed by atoms with Crippen molar-refractivity contribution in [2.45, 2.75) is 6.10 Å². The minimum Gasteiger partial charge on any atom is -0.389 e. The zero-order valence-corrected chi connectivity index (χ0v) is 10.6. The lowest BCUT2D eigenvalue weighted by molar-refractivity contribution is 0.116. The smallest absolute Gasteiger partial charge is 0.160 e. The van der Waals surface area contributed by atoms with Gasteiger partial charge in [0.1, 0.15) is 6.61 Å². The number of fused-ring (bicyclic) bond motifs is 1. The third-order valence-electron chi connectivity index (χ3n) is 2.77. The first-order valence-corrected chi connectivity index (χ1v) is 6.17. The Morgan fingerprint density at radius 2 is 2.24 bits per heavy atom. The fourth-order valence-electron chi connectivity index (χ4n) is 1.97. The van der Waals surface area contributed by atoms with Crippen LogP contribution in [0.15, 0.2) is 34.9 Å². The number of aliphatic hydroxyl groups is 1. The maximum Gasteiger partial charge on any atom is 0.160 e. The molecule has 1 aromatic carbocycles. The molecule has 0 amide bonds. The van der Waals surface area contributed by atoms with E-state index in [0.717, 1.165) is 21.1 Å². The average Bonchev–Trinajstić information content (AvgIpc) is 2.76. The van der Waals surface area contributed by atoms with Crippen LogP contribution in [0.3, 0.4) is 0 Å². The topological polar surface area (TPSA) is 45.6 Å². The fraction of sp³-hybridized carbons (Fsp3) is 0.250. The molecule has 2 heterocycles. The molecule has 0 bridgehead atoms. The standard InChI is InChI=1S/C12H11BrN2O2/c13-11-3-1-2-10-9(11)4-5-14-12(10)15-6-8(16)7-17-15/h1-5,8,16H,6-7H2. The summed E-state index contributed by atoms with van der Waals surface area (Å²) in [5.74, 6) is 0.750. The van der Waals surface area contributed by atoms with Gasteiger partial charge in [0.15, 0.2) is 5.82 Å². The number of pyridine rings is 1. The molecule has 1 aliphatic rings. The molecule has 88 valence electrons. The quantitative estimate of drug-likeness (QED) is 0.875. The van der Waals surface area contributed by atoms with E-state index < -0.39 is 6.10 Å². The molecule has 1 unspecified atom stereocenters. The molecule has 0 spiro atoms. The molecule has 0 radical (unpaired) electrons. The lowest BCUT2D eigenvalue weighted by Crippen LogP contribution is -2.21. The van der Waals surface area contributed by atoms with E-state index in [9.17, 15) is 5.11 Å². The van der Waals surface area contributed by atoms with Gasteiger partial charge < -0.3 is 5.11 Å². The summed E-state index contributed by atoms with van der Waals surface area (Å²) in [5, 5.41) is 13.2. The van der Waals surface area contributed by atoms with Gasteiger partial charge in [-0.15, -0.1) is 0 Å². The van der Waals surface area contributed by atoms with Crippen molar-refractivity contribution in [1.29, 1.82) is 0 Å². The molecule has 5 heteroatoms. The molecule has 0 saturated carbocycles. The van der Waals surface area contributed by atoms with E-state index in [-0.39, 0.29) is 0 Å². The largest absolute Gasteiger partial charge is 0.389 e. The Morgan fingerprint density at radius 1 is 1.35 bits per heavy atom. The number of hydrogen-bond donors (Lipinski definition) is 1. The zero-order chi connectivity index (χ0) is 11.8. The second-order valence-electron chi connectivity index (χ2n) is 3.98. The number of hydrogen-bond acceptors (Lipinski definition) is 4. The highest BCUT2D eigenvalue weighted by Crippen LogP contribution is 2.30. The van der Waals surface area contributed by atoms with E-state index in [0.29, 0.717) is 13.2 Å². The Balaban J connectivity index is 2.13. The van der Waals surface area contributed by atoms with Crippen LogP contribution in [0.25, 0.3) is 10.8 Å². The number of hydroxylamine groups is 1. The first-order valence-electron chi connectivity index (χ1n) is 5.37. The van der Waals surface area contributed by atoms with Gasteiger partial charge >= 0.3 is 0 Å². The van der Waals surface area contributed by atoms with Crippen molar-refractivity contribution in [3.05, 3.63) is 34.9 Å². The van der Waals surface area contributed by atoms with Crippen molar-refractivity contribution in [2.24, 2.45) is 0 Å². The summed E-state index contributed by atoms with van der Waals surface area (Å²) in [6.45, 7) is 0.782. The molecule has 1 aliphatic heterocycles. The van der Waals surface area contributed by atoms with Crippen LogP contribution >= 0.6 is 15.9 Å². The second-order valence-corrected chi connectivity index (χ2v) is 4.83. The van der Waals surface area contributed by atoms with Gasteiger partial charge in [0.05, 0.1) is 12.6 Å². The molecule has 3 rings (SSSR count). The highest BCUT2D eigenvalue weighted by Gasteiger charge is 2.24. The maximum absolute atomic E-state index is 9.48. The summed E-state index contributed by atoms with van der Waals surface area (Å²) < 4.78 is 1.03. The summed E-state index contributed by atoms with van der Waals surface area (Å²) in [7, 11) is 0. The molecule has 1 fully saturated rings. The van der Waals surface area contributed by atoms with Crippen molar-refractivity contribution < 1.29 is 9.94 Å². The summed E-state index contributed by atoms with van der Waals surface area (Å²) in [5.41, 5.74) is 0. The number of anilines is 1. The molecular formula is C12H11BrN2O2. The van der Waals surface area contributed by atoms with E-state index in [1.54, 1.807) is 11.3 Å². The minimum atomic E-state index is -0.445. The highest BCUT2D eigenvalue weighted by molar-refractivity contribution is 9.10. The normalized spacial score (nSPS) is 20.1. The predicted octanol–water partition coefficient (Wildman–Crippen LogP) is 2.11. The number of aliphatic hydroxyl groups excluding tert-OH is 1. The van der Waals surface area contributed by atoms with Crippen molar-refractivity contribution in [2.75, 3.05) is 18.2 Å². The summed E-state index contributed by atoms with van der Waals surface area (Å²) in [4.78, 5) is 9.74. The molecule has 0 aliphatic carbocycles. The molecule has 1 saturated heterocycles. The van der Waals surface area contributed by atoms with Crippen molar-refractivity contribution >= 4 is 32.5 Å². The first-order chi connectivity index (χ1) is 8.25. The van der Waals surface area contributed by atoms with Crippen LogP contribution in [0.4, 0.5) is 5.82 Å². The predicted molar refractivity (Wildman–Crippen MR) is 68.7 cm³/mol. The summed E-state index contributed by atoms with van der Waals surface area (Å²) in [6, 6.07) is 7.90. The van der Waals surface area contributed by atoms with Crippen LogP contribution < -0.4 is 5.06 Å². The van der Waals surface area contributed by atoms with Gasteiger partial charge in [-0.05, 0) is 12.1 Å². The van der Waals surface area contributed by atoms with Gasteiger partial charge in [0.25, 0.3) is 0 Å². The second kappa shape index (κ2) is 4.25. The monoisotopic (exact) mass is 294 g/mol. The van der Waals surface area contributed by atoms with Gasteiger partial charge in [-0.2, -0.15) is 0 Å². The number of benzene rings is 1. The molecular weight excluding hydrogens is 284 g/mol. The lowest BCUT2D eigenvalue weighted by atomic mass is 10.1. The van der Waals surface area contributed by atoms with E-state index in [1.807, 2.05) is 24.3 Å². The molecule has 1 atom stereocenters. The molecule has 17 heavy (non-hydrogen) atoms. The Labute approximate surface area is 107 Å². The van der Waals surface area contributed by atoms with Crippen LogP contribution in [0.2, 0.25) is 0 Å².